The van der Waals surface area contributed by atoms with Gasteiger partial charge in [-0.25, -0.2) is 0 Å². The lowest BCUT2D eigenvalue weighted by Gasteiger charge is -2.18. The van der Waals surface area contributed by atoms with E-state index in [4.69, 9.17) is 3.79 Å². The molecule has 17 heavy (non-hydrogen) atoms. The number of benzene rings is 1. The lowest BCUT2D eigenvalue weighted by atomic mass is 9.94. The molecule has 2 rings (SSSR count). The summed E-state index contributed by atoms with van der Waals surface area (Å²) in [6.07, 6.45) is 1.92. The highest BCUT2D eigenvalue weighted by Crippen LogP contribution is 2.35. The zero-order valence-corrected chi connectivity index (χ0v) is 12.2. The Morgan fingerprint density at radius 1 is 0.941 bits per heavy atom. The van der Waals surface area contributed by atoms with Crippen LogP contribution in [0.25, 0.3) is 10.9 Å². The molecule has 0 spiro atoms. The van der Waals surface area contributed by atoms with E-state index in [1.807, 2.05) is 6.20 Å². The molecule has 0 amide bonds. The first-order valence-corrected chi connectivity index (χ1v) is 6.18. The second-order valence-corrected chi connectivity index (χ2v) is 4.85. The molecule has 0 N–H and O–H groups in total. The van der Waals surface area contributed by atoms with E-state index in [1.165, 1.54) is 33.2 Å². The average molecular weight is 241 g/mol. The van der Waals surface area contributed by atoms with Gasteiger partial charge in [0.05, 0.1) is 0 Å². The highest BCUT2D eigenvalue weighted by atomic mass is 27.1. The van der Waals surface area contributed by atoms with E-state index in [-0.39, 0.29) is 0 Å². The van der Waals surface area contributed by atoms with Crippen LogP contribution in [-0.2, 0) is 0 Å². The maximum atomic E-state index is 5.44. The van der Waals surface area contributed by atoms with Crippen LogP contribution < -0.4 is 3.79 Å². The van der Waals surface area contributed by atoms with Crippen molar-refractivity contribution in [3.8, 4) is 5.75 Å². The minimum absolute atomic E-state index is 0.871. The number of hydrogen-bond donors (Lipinski definition) is 0. The molecule has 0 fully saturated rings. The molecular weight excluding hydrogens is 225 g/mol. The van der Waals surface area contributed by atoms with Gasteiger partial charge in [-0.05, 0) is 62.4 Å². The maximum absolute atomic E-state index is 5.44. The zero-order chi connectivity index (χ0) is 12.7. The summed E-state index contributed by atoms with van der Waals surface area (Å²) in [5.74, 6) is 0.871. The predicted molar refractivity (Wildman–Crippen MR) is 71.8 cm³/mol. The van der Waals surface area contributed by atoms with Crippen LogP contribution in [0.1, 0.15) is 27.8 Å². The standard InChI is InChI=1S/C14H17NO.Al/c1-7-6-15-13-12(8(7)2)10(4)9(3)11(5)14(13)16;/h6,16H,1-5H3;/q;+1/p-1. The molecule has 0 atom stereocenters. The van der Waals surface area contributed by atoms with Crippen molar-refractivity contribution in [3.63, 3.8) is 0 Å². The minimum atomic E-state index is 0.871. The fraction of sp³-hybridized carbons (Fsp3) is 0.357. The van der Waals surface area contributed by atoms with Crippen LogP contribution >= 0.6 is 0 Å². The number of aromatic nitrogens is 1. The molecule has 1 aromatic carbocycles. The summed E-state index contributed by atoms with van der Waals surface area (Å²) in [5.41, 5.74) is 7.23. The molecule has 0 bridgehead atoms. The van der Waals surface area contributed by atoms with E-state index in [2.05, 4.69) is 56.2 Å². The van der Waals surface area contributed by atoms with Gasteiger partial charge in [0, 0.05) is 11.6 Å². The first kappa shape index (κ1) is 12.4. The minimum Gasteiger partial charge on any atom is -0.652 e. The van der Waals surface area contributed by atoms with E-state index < -0.39 is 0 Å². The summed E-state index contributed by atoms with van der Waals surface area (Å²) in [7, 11) is 0. The van der Waals surface area contributed by atoms with Gasteiger partial charge in [-0.1, -0.05) is 0 Å². The normalized spacial score (nSPS) is 10.9. The Hall–Kier alpha value is -1.04. The summed E-state index contributed by atoms with van der Waals surface area (Å²) < 4.78 is 5.44. The van der Waals surface area contributed by atoms with Crippen LogP contribution in [0.4, 0.5) is 0 Å². The molecule has 0 aliphatic heterocycles. The number of fused-ring (bicyclic) bond motifs is 1. The molecule has 2 radical (unpaired) electrons. The van der Waals surface area contributed by atoms with Crippen molar-refractivity contribution in [1.82, 2.24) is 4.98 Å². The summed E-state index contributed by atoms with van der Waals surface area (Å²) >= 11 is 2.33. The number of hydrogen-bond acceptors (Lipinski definition) is 2. The van der Waals surface area contributed by atoms with Gasteiger partial charge in [0.1, 0.15) is 11.3 Å². The van der Waals surface area contributed by atoms with Gasteiger partial charge in [0.2, 0.25) is 0 Å². The molecular formula is C14H16AlNO. The Labute approximate surface area is 111 Å². The number of rotatable bonds is 1. The Kier molecular flexibility index (Phi) is 3.16. The Bertz CT molecular complexity index is 605. The van der Waals surface area contributed by atoms with Crippen molar-refractivity contribution in [2.24, 2.45) is 0 Å². The van der Waals surface area contributed by atoms with Crippen LogP contribution in [0.2, 0.25) is 0 Å². The summed E-state index contributed by atoms with van der Waals surface area (Å²) in [6.45, 7) is 10.6. The van der Waals surface area contributed by atoms with Crippen molar-refractivity contribution >= 4 is 27.5 Å². The first-order valence-electron chi connectivity index (χ1n) is 5.71. The lowest BCUT2D eigenvalue weighted by Crippen LogP contribution is -2.00. The topological polar surface area (TPSA) is 22.1 Å². The molecule has 0 unspecified atom stereocenters. The molecule has 0 saturated heterocycles. The zero-order valence-electron chi connectivity index (χ0n) is 11.0. The largest absolute Gasteiger partial charge is 0.652 e. The quantitative estimate of drug-likeness (QED) is 0.715. The Morgan fingerprint density at radius 2 is 1.59 bits per heavy atom. The summed E-state index contributed by atoms with van der Waals surface area (Å²) in [4.78, 5) is 4.54. The van der Waals surface area contributed by atoms with Gasteiger partial charge in [-0.15, -0.1) is 0 Å². The van der Waals surface area contributed by atoms with Crippen LogP contribution in [0.5, 0.6) is 5.75 Å². The fourth-order valence-corrected chi connectivity index (χ4v) is 2.58. The lowest BCUT2D eigenvalue weighted by molar-refractivity contribution is 0.615. The third kappa shape index (κ3) is 1.74. The third-order valence-corrected chi connectivity index (χ3v) is 4.00. The molecule has 0 aliphatic carbocycles. The van der Waals surface area contributed by atoms with Gasteiger partial charge in [0.25, 0.3) is 0 Å². The monoisotopic (exact) mass is 241 g/mol. The van der Waals surface area contributed by atoms with Crippen molar-refractivity contribution in [1.29, 1.82) is 0 Å². The molecule has 0 aliphatic rings. The smallest absolute Gasteiger partial charge is 0.482 e. The van der Waals surface area contributed by atoms with Gasteiger partial charge >= 0.3 is 16.6 Å². The Morgan fingerprint density at radius 3 is 2.18 bits per heavy atom. The molecule has 86 valence electrons. The number of nitrogens with zero attached hydrogens (tertiary/aromatic N) is 1. The molecule has 0 saturated carbocycles. The van der Waals surface area contributed by atoms with E-state index in [0.717, 1.165) is 11.3 Å². The number of pyridine rings is 1. The summed E-state index contributed by atoms with van der Waals surface area (Å²) in [6, 6.07) is 0. The molecule has 2 nitrogen and oxygen atoms in total. The predicted octanol–water partition coefficient (Wildman–Crippen LogP) is 3.24. The molecule has 3 heteroatoms. The van der Waals surface area contributed by atoms with Crippen LogP contribution in [-0.4, -0.2) is 21.6 Å². The van der Waals surface area contributed by atoms with Gasteiger partial charge in [-0.3, -0.25) is 4.98 Å². The van der Waals surface area contributed by atoms with E-state index in [9.17, 15) is 0 Å². The van der Waals surface area contributed by atoms with Crippen molar-refractivity contribution in [3.05, 3.63) is 34.0 Å². The SMILES string of the molecule is Cc1cnc2c([O][Al])c(C)c(C)c(C)c2c1C. The van der Waals surface area contributed by atoms with Crippen LogP contribution in [0, 0.1) is 34.6 Å². The van der Waals surface area contributed by atoms with Crippen molar-refractivity contribution < 1.29 is 3.79 Å². The third-order valence-electron chi connectivity index (χ3n) is 3.76. The molecule has 1 heterocycles. The number of aryl methyl sites for hydroxylation is 3. The van der Waals surface area contributed by atoms with Gasteiger partial charge < -0.3 is 3.79 Å². The Balaban J connectivity index is 3.06. The van der Waals surface area contributed by atoms with Gasteiger partial charge in [0.15, 0.2) is 0 Å². The van der Waals surface area contributed by atoms with Gasteiger partial charge in [-0.2, -0.15) is 0 Å². The first-order chi connectivity index (χ1) is 7.99. The van der Waals surface area contributed by atoms with Crippen molar-refractivity contribution in [2.75, 3.05) is 0 Å². The summed E-state index contributed by atoms with van der Waals surface area (Å²) in [5, 5.41) is 1.23. The van der Waals surface area contributed by atoms with Crippen molar-refractivity contribution in [2.45, 2.75) is 34.6 Å². The molecule has 1 aromatic heterocycles. The maximum Gasteiger partial charge on any atom is 0.482 e. The average Bonchev–Trinajstić information content (AvgIpc) is 2.31. The van der Waals surface area contributed by atoms with E-state index in [0.29, 0.717) is 0 Å². The highest BCUT2D eigenvalue weighted by molar-refractivity contribution is 6.03. The fourth-order valence-electron chi connectivity index (χ4n) is 2.29. The van der Waals surface area contributed by atoms with E-state index in [1.54, 1.807) is 0 Å². The van der Waals surface area contributed by atoms with E-state index >= 15 is 0 Å². The second kappa shape index (κ2) is 4.33. The molecule has 2 aromatic rings. The van der Waals surface area contributed by atoms with Crippen LogP contribution in [0.15, 0.2) is 6.20 Å². The highest BCUT2D eigenvalue weighted by Gasteiger charge is 2.14. The second-order valence-electron chi connectivity index (χ2n) is 4.61. The van der Waals surface area contributed by atoms with Crippen LogP contribution in [0.3, 0.4) is 0 Å².